The molecule has 1 N–H and O–H groups in total. The van der Waals surface area contributed by atoms with Crippen LogP contribution in [0.1, 0.15) is 37.3 Å². The fraction of sp³-hybridized carbons (Fsp3) is 0.231. The third kappa shape index (κ3) is 5.94. The second-order valence-corrected chi connectivity index (χ2v) is 7.41. The van der Waals surface area contributed by atoms with E-state index in [0.717, 1.165) is 36.8 Å². The smallest absolute Gasteiger partial charge is 0.159 e. The molecule has 30 heavy (non-hydrogen) atoms. The van der Waals surface area contributed by atoms with Crippen molar-refractivity contribution in [3.05, 3.63) is 90.5 Å². The number of nitrogens with zero attached hydrogens (tertiary/aromatic N) is 2. The van der Waals surface area contributed by atoms with Crippen molar-refractivity contribution in [2.75, 3.05) is 0 Å². The quantitative estimate of drug-likeness (QED) is 0.340. The van der Waals surface area contributed by atoms with Gasteiger partial charge in [0.2, 0.25) is 0 Å². The van der Waals surface area contributed by atoms with Crippen molar-refractivity contribution in [2.24, 2.45) is 0 Å². The predicted molar refractivity (Wildman–Crippen MR) is 121 cm³/mol. The zero-order chi connectivity index (χ0) is 21.3. The molecule has 0 saturated carbocycles. The van der Waals surface area contributed by atoms with Crippen LogP contribution in [0.2, 0.25) is 0 Å². The van der Waals surface area contributed by atoms with Gasteiger partial charge in [-0.25, -0.2) is 14.4 Å². The lowest BCUT2D eigenvalue weighted by Gasteiger charge is -2.06. The van der Waals surface area contributed by atoms with E-state index < -0.39 is 0 Å². The number of aromatic nitrogens is 2. The Morgan fingerprint density at radius 1 is 1.07 bits per heavy atom. The number of halogens is 1. The van der Waals surface area contributed by atoms with Crippen LogP contribution in [0.15, 0.2) is 73.6 Å². The molecule has 2 aromatic carbocycles. The zero-order valence-corrected chi connectivity index (χ0v) is 17.3. The van der Waals surface area contributed by atoms with Crippen LogP contribution in [-0.2, 0) is 6.42 Å². The van der Waals surface area contributed by atoms with Crippen molar-refractivity contribution in [3.8, 4) is 22.5 Å². The summed E-state index contributed by atoms with van der Waals surface area (Å²) in [5, 5.41) is 9.27. The van der Waals surface area contributed by atoms with E-state index in [0.29, 0.717) is 17.0 Å². The summed E-state index contributed by atoms with van der Waals surface area (Å²) < 4.78 is 14.6. The van der Waals surface area contributed by atoms with Gasteiger partial charge in [-0.2, -0.15) is 0 Å². The Bertz CT molecular complexity index is 993. The minimum atomic E-state index is -0.300. The highest BCUT2D eigenvalue weighted by atomic mass is 19.1. The maximum Gasteiger partial charge on any atom is 0.159 e. The highest BCUT2D eigenvalue weighted by Crippen LogP contribution is 2.25. The molecule has 154 valence electrons. The van der Waals surface area contributed by atoms with E-state index in [2.05, 4.69) is 16.5 Å². The Labute approximate surface area is 177 Å². The number of allylic oxidation sites excluding steroid dienone is 2. The van der Waals surface area contributed by atoms with Gasteiger partial charge in [-0.15, -0.1) is 6.58 Å². The Morgan fingerprint density at radius 3 is 2.43 bits per heavy atom. The minimum absolute atomic E-state index is 0.277. The first-order valence-electron chi connectivity index (χ1n) is 10.2. The van der Waals surface area contributed by atoms with Gasteiger partial charge in [0.1, 0.15) is 5.82 Å². The Morgan fingerprint density at radius 2 is 1.80 bits per heavy atom. The molecule has 3 aromatic rings. The van der Waals surface area contributed by atoms with E-state index in [1.54, 1.807) is 25.4 Å². The van der Waals surface area contributed by atoms with Crippen LogP contribution in [0.25, 0.3) is 28.6 Å². The van der Waals surface area contributed by atoms with E-state index in [1.807, 2.05) is 48.6 Å². The fourth-order valence-electron chi connectivity index (χ4n) is 3.19. The summed E-state index contributed by atoms with van der Waals surface area (Å²) in [6.45, 7) is 5.53. The highest BCUT2D eigenvalue weighted by Gasteiger charge is 2.08. The average molecular weight is 403 g/mol. The molecule has 0 fully saturated rings. The van der Waals surface area contributed by atoms with Crippen LogP contribution in [0.5, 0.6) is 0 Å². The third-order valence-corrected chi connectivity index (χ3v) is 4.85. The second-order valence-electron chi connectivity index (χ2n) is 7.41. The average Bonchev–Trinajstić information content (AvgIpc) is 2.74. The largest absolute Gasteiger partial charge is 0.393 e. The molecule has 0 radical (unpaired) electrons. The van der Waals surface area contributed by atoms with Gasteiger partial charge in [0.05, 0.1) is 6.10 Å². The van der Waals surface area contributed by atoms with Gasteiger partial charge >= 0.3 is 0 Å². The number of rotatable bonds is 9. The number of hydrogen-bond acceptors (Lipinski definition) is 3. The van der Waals surface area contributed by atoms with E-state index in [1.165, 1.54) is 11.6 Å². The standard InChI is InChI=1S/C26H27FN2O/c1-3-7-20-10-13-22(14-11-20)26-28-17-23(18-29-26)24-15-12-21(16-25(24)27)9-6-4-5-8-19(2)30/h3,6,9-19,30H,1,4-5,7-8H2,2H3. The molecule has 1 heterocycles. The topological polar surface area (TPSA) is 46.0 Å². The van der Waals surface area contributed by atoms with Gasteiger partial charge in [0, 0.05) is 29.1 Å². The monoisotopic (exact) mass is 402 g/mol. The first-order valence-corrected chi connectivity index (χ1v) is 10.2. The van der Waals surface area contributed by atoms with Crippen LogP contribution in [0, 0.1) is 5.82 Å². The van der Waals surface area contributed by atoms with E-state index in [9.17, 15) is 9.50 Å². The molecule has 0 amide bonds. The Hall–Kier alpha value is -3.11. The normalized spacial score (nSPS) is 12.2. The van der Waals surface area contributed by atoms with Gasteiger partial charge in [0.15, 0.2) is 5.82 Å². The summed E-state index contributed by atoms with van der Waals surface area (Å²) in [6.07, 6.45) is 12.2. The number of unbranched alkanes of at least 4 members (excludes halogenated alkanes) is 1. The molecule has 1 aromatic heterocycles. The van der Waals surface area contributed by atoms with Gasteiger partial charge in [-0.3, -0.25) is 0 Å². The summed E-state index contributed by atoms with van der Waals surface area (Å²) >= 11 is 0. The molecular formula is C26H27FN2O. The maximum atomic E-state index is 14.6. The minimum Gasteiger partial charge on any atom is -0.393 e. The molecule has 0 aliphatic heterocycles. The summed E-state index contributed by atoms with van der Waals surface area (Å²) in [5.41, 5.74) is 4.04. The SMILES string of the molecule is C=CCc1ccc(-c2ncc(-c3ccc(C=CCCCC(C)O)cc3F)cn2)cc1. The van der Waals surface area contributed by atoms with Crippen molar-refractivity contribution < 1.29 is 9.50 Å². The zero-order valence-electron chi connectivity index (χ0n) is 17.3. The lowest BCUT2D eigenvalue weighted by Crippen LogP contribution is -1.97. The predicted octanol–water partition coefficient (Wildman–Crippen LogP) is 6.24. The lowest BCUT2D eigenvalue weighted by atomic mass is 10.0. The van der Waals surface area contributed by atoms with Gasteiger partial charge in [0.25, 0.3) is 0 Å². The number of aliphatic hydroxyl groups is 1. The van der Waals surface area contributed by atoms with E-state index in [4.69, 9.17) is 0 Å². The van der Waals surface area contributed by atoms with Gasteiger partial charge < -0.3 is 5.11 Å². The van der Waals surface area contributed by atoms with E-state index >= 15 is 0 Å². The summed E-state index contributed by atoms with van der Waals surface area (Å²) in [6, 6.07) is 13.2. The molecule has 0 aliphatic carbocycles. The molecule has 0 bridgehead atoms. The summed E-state index contributed by atoms with van der Waals surface area (Å²) in [4.78, 5) is 8.83. The molecule has 1 atom stereocenters. The molecule has 0 spiro atoms. The van der Waals surface area contributed by atoms with Gasteiger partial charge in [-0.05, 0) is 49.8 Å². The van der Waals surface area contributed by atoms with E-state index in [-0.39, 0.29) is 11.9 Å². The molecular weight excluding hydrogens is 375 g/mol. The van der Waals surface area contributed by atoms with Crippen LogP contribution < -0.4 is 0 Å². The lowest BCUT2D eigenvalue weighted by molar-refractivity contribution is 0.182. The summed E-state index contributed by atoms with van der Waals surface area (Å²) in [5.74, 6) is 0.312. The maximum absolute atomic E-state index is 14.6. The van der Waals surface area contributed by atoms with Crippen molar-refractivity contribution in [3.63, 3.8) is 0 Å². The van der Waals surface area contributed by atoms with Crippen LogP contribution in [0.4, 0.5) is 4.39 Å². The molecule has 1 unspecified atom stereocenters. The molecule has 4 heteroatoms. The van der Waals surface area contributed by atoms with Gasteiger partial charge in [-0.1, -0.05) is 54.6 Å². The van der Waals surface area contributed by atoms with Crippen LogP contribution in [0.3, 0.4) is 0 Å². The first kappa shape index (κ1) is 21.6. The Kier molecular flexibility index (Phi) is 7.63. The fourth-order valence-corrected chi connectivity index (χ4v) is 3.19. The van der Waals surface area contributed by atoms with Crippen LogP contribution in [-0.4, -0.2) is 21.2 Å². The third-order valence-electron chi connectivity index (χ3n) is 4.85. The number of hydrogen-bond donors (Lipinski definition) is 1. The number of benzene rings is 2. The second kappa shape index (κ2) is 10.6. The molecule has 0 aliphatic rings. The van der Waals surface area contributed by atoms with Crippen LogP contribution >= 0.6 is 0 Å². The first-order chi connectivity index (χ1) is 14.6. The Balaban J connectivity index is 1.68. The summed E-state index contributed by atoms with van der Waals surface area (Å²) in [7, 11) is 0. The van der Waals surface area contributed by atoms with Crippen molar-refractivity contribution >= 4 is 6.08 Å². The molecule has 0 saturated heterocycles. The number of aliphatic hydroxyl groups excluding tert-OH is 1. The molecule has 3 rings (SSSR count). The highest BCUT2D eigenvalue weighted by molar-refractivity contribution is 5.66. The van der Waals surface area contributed by atoms with Crippen molar-refractivity contribution in [1.82, 2.24) is 9.97 Å². The molecule has 3 nitrogen and oxygen atoms in total. The van der Waals surface area contributed by atoms with Crippen molar-refractivity contribution in [1.29, 1.82) is 0 Å². The van der Waals surface area contributed by atoms with Crippen molar-refractivity contribution in [2.45, 2.75) is 38.7 Å².